The zero-order valence-electron chi connectivity index (χ0n) is 38.1. The Morgan fingerprint density at radius 3 is 1.63 bits per heavy atom. The van der Waals surface area contributed by atoms with Crippen LogP contribution < -0.4 is 5.32 Å². The Morgan fingerprint density at radius 1 is 0.581 bits per heavy atom. The third kappa shape index (κ3) is 22.9. The molecule has 2 fully saturated rings. The number of hydrogen-bond donors (Lipinski definition) is 9. The van der Waals surface area contributed by atoms with Crippen molar-refractivity contribution in [3.63, 3.8) is 0 Å². The topological polar surface area (TPSA) is 228 Å². The molecule has 0 aliphatic carbocycles. The number of ether oxygens (including phenoxy) is 4. The fourth-order valence-corrected chi connectivity index (χ4v) is 7.83. The number of hydrogen-bond acceptors (Lipinski definition) is 13. The highest BCUT2D eigenvalue weighted by atomic mass is 16.7. The molecule has 9 N–H and O–H groups in total. The van der Waals surface area contributed by atoms with Gasteiger partial charge < -0.3 is 65.1 Å². The van der Waals surface area contributed by atoms with Gasteiger partial charge in [-0.05, 0) is 51.4 Å². The lowest BCUT2D eigenvalue weighted by atomic mass is 9.97. The van der Waals surface area contributed by atoms with Gasteiger partial charge in [0.2, 0.25) is 5.91 Å². The first kappa shape index (κ1) is 56.3. The lowest BCUT2D eigenvalue weighted by Crippen LogP contribution is -2.65. The molecule has 0 bridgehead atoms. The quantitative estimate of drug-likeness (QED) is 0.0279. The molecule has 0 aromatic rings. The van der Waals surface area contributed by atoms with Gasteiger partial charge in [-0.2, -0.15) is 0 Å². The van der Waals surface area contributed by atoms with Crippen LogP contribution >= 0.6 is 0 Å². The van der Waals surface area contributed by atoms with E-state index in [0.717, 1.165) is 64.2 Å². The molecule has 362 valence electrons. The van der Waals surface area contributed by atoms with Gasteiger partial charge in [0.05, 0.1) is 32.0 Å². The molecule has 0 saturated carbocycles. The lowest BCUT2D eigenvalue weighted by Gasteiger charge is -2.46. The number of aliphatic hydroxyl groups excluding tert-OH is 8. The van der Waals surface area contributed by atoms with Crippen molar-refractivity contribution in [3.8, 4) is 0 Å². The second-order valence-corrected chi connectivity index (χ2v) is 17.2. The number of carbonyl (C=O) groups is 1. The minimum Gasteiger partial charge on any atom is -0.394 e. The summed E-state index contributed by atoms with van der Waals surface area (Å²) in [6, 6.07) is -0.826. The third-order valence-electron chi connectivity index (χ3n) is 11.9. The van der Waals surface area contributed by atoms with E-state index < -0.39 is 86.8 Å². The van der Waals surface area contributed by atoms with Crippen LogP contribution in [0, 0.1) is 0 Å². The Labute approximate surface area is 372 Å². The smallest absolute Gasteiger partial charge is 0.220 e. The highest BCUT2D eigenvalue weighted by molar-refractivity contribution is 5.76. The lowest BCUT2D eigenvalue weighted by molar-refractivity contribution is -0.359. The van der Waals surface area contributed by atoms with Crippen LogP contribution in [0.5, 0.6) is 0 Å². The van der Waals surface area contributed by atoms with Gasteiger partial charge in [0.15, 0.2) is 12.6 Å². The van der Waals surface area contributed by atoms with Gasteiger partial charge in [-0.25, -0.2) is 0 Å². The first-order chi connectivity index (χ1) is 30.1. The maximum absolute atomic E-state index is 13.0. The Morgan fingerprint density at radius 2 is 1.06 bits per heavy atom. The van der Waals surface area contributed by atoms with Gasteiger partial charge >= 0.3 is 0 Å². The predicted octanol–water partition coefficient (Wildman–Crippen LogP) is 5.54. The minimum absolute atomic E-state index is 0.225. The monoisotopic (exact) mass is 886 g/mol. The Balaban J connectivity index is 1.63. The zero-order chi connectivity index (χ0) is 45.4. The number of allylic oxidation sites excluding steroid dienone is 6. The summed E-state index contributed by atoms with van der Waals surface area (Å²) in [6.07, 6.45) is 22.7. The molecular formula is C48H87NO13. The highest BCUT2D eigenvalue weighted by Gasteiger charge is 2.51. The SMILES string of the molecule is CCCCCCC/C=C\C/C=C\C/C=C\CCCCCCCCCCCCC(=O)NC(COC1OC(CO)C(OC2OC(CO)C(O)C(O)C2O)C(O)C1O)C(O)CCCCC. The molecule has 2 saturated heterocycles. The Hall–Kier alpha value is -1.79. The molecule has 0 aromatic heterocycles. The summed E-state index contributed by atoms with van der Waals surface area (Å²) < 4.78 is 22.5. The van der Waals surface area contributed by atoms with Crippen LogP contribution in [0.25, 0.3) is 0 Å². The van der Waals surface area contributed by atoms with E-state index in [9.17, 15) is 45.6 Å². The van der Waals surface area contributed by atoms with Crippen LogP contribution in [-0.4, -0.2) is 140 Å². The third-order valence-corrected chi connectivity index (χ3v) is 11.9. The van der Waals surface area contributed by atoms with Gasteiger partial charge in [0.1, 0.15) is 48.8 Å². The molecule has 1 amide bonds. The van der Waals surface area contributed by atoms with E-state index in [0.29, 0.717) is 12.8 Å². The maximum atomic E-state index is 13.0. The van der Waals surface area contributed by atoms with Crippen LogP contribution in [0.2, 0.25) is 0 Å². The average molecular weight is 886 g/mol. The van der Waals surface area contributed by atoms with E-state index in [-0.39, 0.29) is 12.5 Å². The van der Waals surface area contributed by atoms with Gasteiger partial charge in [-0.1, -0.05) is 147 Å². The molecule has 2 aliphatic rings. The maximum Gasteiger partial charge on any atom is 0.220 e. The van der Waals surface area contributed by atoms with Crippen molar-refractivity contribution in [1.82, 2.24) is 5.32 Å². The van der Waals surface area contributed by atoms with Gasteiger partial charge in [0.25, 0.3) is 0 Å². The minimum atomic E-state index is -1.78. The summed E-state index contributed by atoms with van der Waals surface area (Å²) in [5.74, 6) is -0.225. The summed E-state index contributed by atoms with van der Waals surface area (Å²) in [5.41, 5.74) is 0. The zero-order valence-corrected chi connectivity index (χ0v) is 38.1. The summed E-state index contributed by atoms with van der Waals surface area (Å²) >= 11 is 0. The van der Waals surface area contributed by atoms with Crippen LogP contribution in [0.4, 0.5) is 0 Å². The van der Waals surface area contributed by atoms with E-state index in [1.54, 1.807) is 0 Å². The molecule has 0 radical (unpaired) electrons. The fraction of sp³-hybridized carbons (Fsp3) is 0.854. The first-order valence-electron chi connectivity index (χ1n) is 24.2. The number of aliphatic hydroxyl groups is 8. The van der Waals surface area contributed by atoms with Crippen molar-refractivity contribution in [2.45, 2.75) is 242 Å². The van der Waals surface area contributed by atoms with Crippen LogP contribution in [0.15, 0.2) is 36.5 Å². The van der Waals surface area contributed by atoms with Crippen LogP contribution in [0.3, 0.4) is 0 Å². The number of nitrogens with one attached hydrogen (secondary N) is 1. The molecule has 2 aliphatic heterocycles. The van der Waals surface area contributed by atoms with E-state index in [1.165, 1.54) is 77.0 Å². The molecule has 62 heavy (non-hydrogen) atoms. The average Bonchev–Trinajstić information content (AvgIpc) is 3.27. The standard InChI is InChI=1S/C48H87NO13/c1-3-5-7-8-9-10-11-12-13-14-15-16-17-18-19-20-21-22-23-24-25-26-27-28-30-32-40(53)49-36(37(52)31-29-6-4-2)35-59-47-45(58)43(56)46(39(34-51)61-47)62-48-44(57)42(55)41(54)38(33-50)60-48/h11-12,14-15,17-18,36-39,41-48,50-52,54-58H,3-10,13,16,19-35H2,1-2H3,(H,49,53)/b12-11-,15-14-,18-17-. The molecule has 14 nitrogen and oxygen atoms in total. The Bertz CT molecular complexity index is 1190. The van der Waals surface area contributed by atoms with Gasteiger partial charge in [0, 0.05) is 6.42 Å². The number of rotatable bonds is 36. The first-order valence-corrected chi connectivity index (χ1v) is 24.2. The number of carbonyl (C=O) groups excluding carboxylic acids is 1. The second-order valence-electron chi connectivity index (χ2n) is 17.2. The van der Waals surface area contributed by atoms with Crippen molar-refractivity contribution in [2.75, 3.05) is 19.8 Å². The van der Waals surface area contributed by atoms with Crippen molar-refractivity contribution in [3.05, 3.63) is 36.5 Å². The van der Waals surface area contributed by atoms with E-state index >= 15 is 0 Å². The fourth-order valence-electron chi connectivity index (χ4n) is 7.83. The van der Waals surface area contributed by atoms with Gasteiger partial charge in [-0.3, -0.25) is 4.79 Å². The summed E-state index contributed by atoms with van der Waals surface area (Å²) in [4.78, 5) is 13.0. The molecule has 14 heteroatoms. The van der Waals surface area contributed by atoms with E-state index in [1.807, 2.05) is 6.92 Å². The molecular weight excluding hydrogens is 799 g/mol. The summed E-state index contributed by atoms with van der Waals surface area (Å²) in [5, 5.41) is 85.9. The molecule has 12 unspecified atom stereocenters. The van der Waals surface area contributed by atoms with Gasteiger partial charge in [-0.15, -0.1) is 0 Å². The number of unbranched alkanes of at least 4 members (excludes halogenated alkanes) is 17. The van der Waals surface area contributed by atoms with E-state index in [2.05, 4.69) is 48.7 Å². The largest absolute Gasteiger partial charge is 0.394 e. The molecule has 12 atom stereocenters. The van der Waals surface area contributed by atoms with Crippen LogP contribution in [-0.2, 0) is 23.7 Å². The van der Waals surface area contributed by atoms with Crippen molar-refractivity contribution in [1.29, 1.82) is 0 Å². The summed E-state index contributed by atoms with van der Waals surface area (Å²) in [7, 11) is 0. The molecule has 0 spiro atoms. The van der Waals surface area contributed by atoms with Crippen LogP contribution in [0.1, 0.15) is 168 Å². The van der Waals surface area contributed by atoms with Crippen molar-refractivity contribution >= 4 is 5.91 Å². The van der Waals surface area contributed by atoms with Crippen molar-refractivity contribution in [2.24, 2.45) is 0 Å². The highest BCUT2D eigenvalue weighted by Crippen LogP contribution is 2.30. The number of amides is 1. The molecule has 2 heterocycles. The normalized spacial score (nSPS) is 28.0. The summed E-state index contributed by atoms with van der Waals surface area (Å²) in [6.45, 7) is 2.64. The molecule has 0 aromatic carbocycles. The van der Waals surface area contributed by atoms with E-state index in [4.69, 9.17) is 18.9 Å². The Kier molecular flexibility index (Phi) is 32.2. The second kappa shape index (κ2) is 35.5. The molecule has 2 rings (SSSR count). The van der Waals surface area contributed by atoms with Crippen molar-refractivity contribution < 1.29 is 64.6 Å². The predicted molar refractivity (Wildman–Crippen MR) is 240 cm³/mol.